The fourth-order valence-electron chi connectivity index (χ4n) is 1.46. The van der Waals surface area contributed by atoms with Crippen LogP contribution >= 0.6 is 0 Å². The zero-order valence-corrected chi connectivity index (χ0v) is 10.1. The Bertz CT molecular complexity index is 341. The van der Waals surface area contributed by atoms with E-state index < -0.39 is 5.41 Å². The predicted octanol–water partition coefficient (Wildman–Crippen LogP) is 2.06. The zero-order chi connectivity index (χ0) is 12.2. The Morgan fingerprint density at radius 2 is 1.81 bits per heavy atom. The van der Waals surface area contributed by atoms with Crippen LogP contribution < -0.4 is 4.90 Å². The molecule has 0 fully saturated rings. The molecule has 1 aromatic carbocycles. The molecule has 3 nitrogen and oxygen atoms in total. The van der Waals surface area contributed by atoms with Crippen molar-refractivity contribution < 1.29 is 9.90 Å². The standard InChI is InChI=1S/C13H19NO2/c1-13(2,3)12(16)14(9-10-15)11-7-5-4-6-8-11/h4-8,15H,9-10H2,1-3H3. The van der Waals surface area contributed by atoms with Crippen molar-refractivity contribution in [1.29, 1.82) is 0 Å². The van der Waals surface area contributed by atoms with Crippen molar-refractivity contribution in [2.24, 2.45) is 5.41 Å². The Balaban J connectivity index is 2.97. The van der Waals surface area contributed by atoms with Gasteiger partial charge in [-0.1, -0.05) is 39.0 Å². The molecule has 0 heterocycles. The van der Waals surface area contributed by atoms with Crippen LogP contribution in [0.15, 0.2) is 30.3 Å². The SMILES string of the molecule is CC(C)(C)C(=O)N(CCO)c1ccccc1. The van der Waals surface area contributed by atoms with Gasteiger partial charge in [0.15, 0.2) is 0 Å². The summed E-state index contributed by atoms with van der Waals surface area (Å²) in [7, 11) is 0. The number of aliphatic hydroxyl groups excluding tert-OH is 1. The number of carbonyl (C=O) groups excluding carboxylic acids is 1. The molecule has 0 atom stereocenters. The fourth-order valence-corrected chi connectivity index (χ4v) is 1.46. The summed E-state index contributed by atoms with van der Waals surface area (Å²) in [5.74, 6) is 0.0211. The van der Waals surface area contributed by atoms with E-state index in [0.717, 1.165) is 5.69 Å². The number of carbonyl (C=O) groups is 1. The van der Waals surface area contributed by atoms with E-state index in [1.165, 1.54) is 0 Å². The first-order valence-electron chi connectivity index (χ1n) is 5.44. The van der Waals surface area contributed by atoms with Crippen LogP contribution in [0.2, 0.25) is 0 Å². The number of hydrogen-bond acceptors (Lipinski definition) is 2. The lowest BCUT2D eigenvalue weighted by atomic mass is 9.94. The van der Waals surface area contributed by atoms with Crippen LogP contribution in [-0.4, -0.2) is 24.2 Å². The Kier molecular flexibility index (Phi) is 4.07. The van der Waals surface area contributed by atoms with E-state index in [4.69, 9.17) is 5.11 Å². The molecule has 0 radical (unpaired) electrons. The molecule has 1 N–H and O–H groups in total. The first kappa shape index (κ1) is 12.7. The molecule has 0 aliphatic rings. The number of anilines is 1. The first-order valence-corrected chi connectivity index (χ1v) is 5.44. The van der Waals surface area contributed by atoms with Crippen molar-refractivity contribution in [3.63, 3.8) is 0 Å². The number of rotatable bonds is 3. The van der Waals surface area contributed by atoms with Crippen LogP contribution in [0.5, 0.6) is 0 Å². The van der Waals surface area contributed by atoms with Crippen LogP contribution in [0.1, 0.15) is 20.8 Å². The molecule has 0 saturated heterocycles. The summed E-state index contributed by atoms with van der Waals surface area (Å²) in [6, 6.07) is 9.42. The molecule has 0 spiro atoms. The quantitative estimate of drug-likeness (QED) is 0.848. The number of para-hydroxylation sites is 1. The van der Waals surface area contributed by atoms with Crippen LogP contribution in [0, 0.1) is 5.41 Å². The lowest BCUT2D eigenvalue weighted by Crippen LogP contribution is -2.41. The van der Waals surface area contributed by atoms with Gasteiger partial charge in [-0.05, 0) is 12.1 Å². The lowest BCUT2D eigenvalue weighted by Gasteiger charge is -2.29. The molecule has 0 unspecified atom stereocenters. The second-order valence-corrected chi connectivity index (χ2v) is 4.77. The topological polar surface area (TPSA) is 40.5 Å². The highest BCUT2D eigenvalue weighted by Crippen LogP contribution is 2.22. The minimum atomic E-state index is -0.439. The molecule has 0 aliphatic heterocycles. The first-order chi connectivity index (χ1) is 7.46. The number of amides is 1. The van der Waals surface area contributed by atoms with Gasteiger partial charge in [0.1, 0.15) is 0 Å². The molecule has 0 aromatic heterocycles. The molecule has 0 saturated carbocycles. The molecular formula is C13H19NO2. The van der Waals surface area contributed by atoms with Crippen LogP contribution in [0.3, 0.4) is 0 Å². The van der Waals surface area contributed by atoms with E-state index >= 15 is 0 Å². The third kappa shape index (κ3) is 3.07. The number of nitrogens with zero attached hydrogens (tertiary/aromatic N) is 1. The van der Waals surface area contributed by atoms with Gasteiger partial charge in [0, 0.05) is 17.6 Å². The van der Waals surface area contributed by atoms with Gasteiger partial charge in [-0.3, -0.25) is 4.79 Å². The van der Waals surface area contributed by atoms with Gasteiger partial charge < -0.3 is 10.0 Å². The highest BCUT2D eigenvalue weighted by atomic mass is 16.3. The van der Waals surface area contributed by atoms with E-state index in [1.807, 2.05) is 51.1 Å². The minimum Gasteiger partial charge on any atom is -0.395 e. The molecule has 0 bridgehead atoms. The van der Waals surface area contributed by atoms with Crippen molar-refractivity contribution in [2.45, 2.75) is 20.8 Å². The summed E-state index contributed by atoms with van der Waals surface area (Å²) in [5.41, 5.74) is 0.391. The normalized spacial score (nSPS) is 11.2. The van der Waals surface area contributed by atoms with Crippen LogP contribution in [0.25, 0.3) is 0 Å². The molecule has 0 aliphatic carbocycles. The number of hydrogen-bond donors (Lipinski definition) is 1. The van der Waals surface area contributed by atoms with Crippen molar-refractivity contribution >= 4 is 11.6 Å². The maximum absolute atomic E-state index is 12.2. The van der Waals surface area contributed by atoms with E-state index in [9.17, 15) is 4.79 Å². The molecule has 88 valence electrons. The summed E-state index contributed by atoms with van der Waals surface area (Å²) in [6.07, 6.45) is 0. The average Bonchev–Trinajstić information content (AvgIpc) is 2.25. The van der Waals surface area contributed by atoms with Gasteiger partial charge in [0.25, 0.3) is 0 Å². The zero-order valence-electron chi connectivity index (χ0n) is 10.1. The molecule has 16 heavy (non-hydrogen) atoms. The highest BCUT2D eigenvalue weighted by molar-refractivity contribution is 5.96. The van der Waals surface area contributed by atoms with Crippen molar-refractivity contribution in [3.05, 3.63) is 30.3 Å². The van der Waals surface area contributed by atoms with E-state index in [0.29, 0.717) is 6.54 Å². The lowest BCUT2D eigenvalue weighted by molar-refractivity contribution is -0.125. The fraction of sp³-hybridized carbons (Fsp3) is 0.462. The third-order valence-corrected chi connectivity index (χ3v) is 2.28. The summed E-state index contributed by atoms with van der Waals surface area (Å²) < 4.78 is 0. The van der Waals surface area contributed by atoms with Gasteiger partial charge in [0.05, 0.1) is 6.61 Å². The number of benzene rings is 1. The Morgan fingerprint density at radius 1 is 1.25 bits per heavy atom. The molecular weight excluding hydrogens is 202 g/mol. The third-order valence-electron chi connectivity index (χ3n) is 2.28. The van der Waals surface area contributed by atoms with Gasteiger partial charge in [-0.25, -0.2) is 0 Å². The number of aliphatic hydroxyl groups is 1. The maximum atomic E-state index is 12.2. The smallest absolute Gasteiger partial charge is 0.232 e. The van der Waals surface area contributed by atoms with E-state index in [2.05, 4.69) is 0 Å². The Morgan fingerprint density at radius 3 is 2.25 bits per heavy atom. The average molecular weight is 221 g/mol. The predicted molar refractivity (Wildman–Crippen MR) is 65.3 cm³/mol. The highest BCUT2D eigenvalue weighted by Gasteiger charge is 2.27. The minimum absolute atomic E-state index is 0.0211. The Labute approximate surface area is 96.7 Å². The molecule has 1 amide bonds. The molecule has 1 rings (SSSR count). The van der Waals surface area contributed by atoms with Gasteiger partial charge in [-0.15, -0.1) is 0 Å². The van der Waals surface area contributed by atoms with E-state index in [1.54, 1.807) is 4.90 Å². The van der Waals surface area contributed by atoms with Crippen LogP contribution in [-0.2, 0) is 4.79 Å². The van der Waals surface area contributed by atoms with Gasteiger partial charge in [-0.2, -0.15) is 0 Å². The van der Waals surface area contributed by atoms with Crippen molar-refractivity contribution in [3.8, 4) is 0 Å². The second kappa shape index (κ2) is 5.12. The van der Waals surface area contributed by atoms with E-state index in [-0.39, 0.29) is 12.5 Å². The molecule has 3 heteroatoms. The van der Waals surface area contributed by atoms with Crippen molar-refractivity contribution in [1.82, 2.24) is 0 Å². The summed E-state index contributed by atoms with van der Waals surface area (Å²) in [4.78, 5) is 13.8. The summed E-state index contributed by atoms with van der Waals surface area (Å²) >= 11 is 0. The molecule has 1 aromatic rings. The van der Waals surface area contributed by atoms with Crippen molar-refractivity contribution in [2.75, 3.05) is 18.1 Å². The second-order valence-electron chi connectivity index (χ2n) is 4.77. The van der Waals surface area contributed by atoms with Gasteiger partial charge in [0.2, 0.25) is 5.91 Å². The Hall–Kier alpha value is -1.35. The summed E-state index contributed by atoms with van der Waals surface area (Å²) in [6.45, 7) is 5.94. The van der Waals surface area contributed by atoms with Gasteiger partial charge >= 0.3 is 0 Å². The summed E-state index contributed by atoms with van der Waals surface area (Å²) in [5, 5.41) is 9.02. The largest absolute Gasteiger partial charge is 0.395 e. The van der Waals surface area contributed by atoms with Crippen LogP contribution in [0.4, 0.5) is 5.69 Å². The maximum Gasteiger partial charge on any atom is 0.232 e. The monoisotopic (exact) mass is 221 g/mol.